The number of rotatable bonds is 1. The van der Waals surface area contributed by atoms with E-state index in [1.54, 1.807) is 17.0 Å². The molecule has 4 heteroatoms. The maximum absolute atomic E-state index is 11.9. The zero-order chi connectivity index (χ0) is 15.1. The van der Waals surface area contributed by atoms with Gasteiger partial charge in [-0.2, -0.15) is 0 Å². The summed E-state index contributed by atoms with van der Waals surface area (Å²) < 4.78 is 0. The average Bonchev–Trinajstić information content (AvgIpc) is 2.99. The van der Waals surface area contributed by atoms with E-state index in [4.69, 9.17) is 0 Å². The van der Waals surface area contributed by atoms with Crippen LogP contribution in [-0.2, 0) is 4.79 Å². The lowest BCUT2D eigenvalue weighted by atomic mass is 10.2. The monoisotopic (exact) mass is 290 g/mol. The van der Waals surface area contributed by atoms with Gasteiger partial charge in [0.15, 0.2) is 0 Å². The predicted octanol–water partition coefficient (Wildman–Crippen LogP) is 2.70. The van der Waals surface area contributed by atoms with Gasteiger partial charge in [-0.25, -0.2) is 0 Å². The second kappa shape index (κ2) is 7.81. The maximum Gasteiger partial charge on any atom is 0.254 e. The van der Waals surface area contributed by atoms with Crippen LogP contribution in [0, 0.1) is 5.92 Å². The third kappa shape index (κ3) is 4.88. The van der Waals surface area contributed by atoms with E-state index < -0.39 is 0 Å². The highest BCUT2D eigenvalue weighted by Gasteiger charge is 2.21. The summed E-state index contributed by atoms with van der Waals surface area (Å²) >= 11 is 0. The van der Waals surface area contributed by atoms with Crippen LogP contribution in [0.3, 0.4) is 0 Å². The molecule has 1 aliphatic carbocycles. The first-order valence-electron chi connectivity index (χ1n) is 7.78. The van der Waals surface area contributed by atoms with Crippen molar-refractivity contribution >= 4 is 11.8 Å². The number of hydrogen-bond acceptors (Lipinski definition) is 2. The fourth-order valence-corrected chi connectivity index (χ4v) is 2.71. The fraction of sp³-hybridized carbons (Fsp3) is 0.529. The molecule has 1 heterocycles. The van der Waals surface area contributed by atoms with Gasteiger partial charge in [-0.15, -0.1) is 0 Å². The van der Waals surface area contributed by atoms with E-state index in [-0.39, 0.29) is 19.8 Å². The van der Waals surface area contributed by atoms with Crippen LogP contribution in [0.15, 0.2) is 30.3 Å². The van der Waals surface area contributed by atoms with Crippen molar-refractivity contribution in [2.24, 2.45) is 5.92 Å². The smallest absolute Gasteiger partial charge is 0.254 e. The van der Waals surface area contributed by atoms with Crippen molar-refractivity contribution in [2.75, 3.05) is 19.6 Å². The zero-order valence-corrected chi connectivity index (χ0v) is 12.7. The molecule has 1 aliphatic heterocycles. The molecular formula is C17H26N2O2. The van der Waals surface area contributed by atoms with Gasteiger partial charge in [0, 0.05) is 20.1 Å². The fourth-order valence-electron chi connectivity index (χ4n) is 2.71. The number of nitrogens with one attached hydrogen (secondary N) is 1. The van der Waals surface area contributed by atoms with Crippen molar-refractivity contribution in [2.45, 2.75) is 32.6 Å². The van der Waals surface area contributed by atoms with Crippen LogP contribution in [0.25, 0.3) is 0 Å². The Morgan fingerprint density at radius 1 is 1.24 bits per heavy atom. The summed E-state index contributed by atoms with van der Waals surface area (Å²) in [5.74, 6) is 0.876. The van der Waals surface area contributed by atoms with Crippen molar-refractivity contribution in [3.05, 3.63) is 35.9 Å². The first-order valence-corrected chi connectivity index (χ1v) is 7.78. The molecule has 2 aliphatic rings. The van der Waals surface area contributed by atoms with Gasteiger partial charge in [0.05, 0.1) is 6.54 Å². The minimum atomic E-state index is -0.0921. The molecule has 0 radical (unpaired) electrons. The lowest BCUT2D eigenvalue weighted by Gasteiger charge is -2.26. The summed E-state index contributed by atoms with van der Waals surface area (Å²) in [4.78, 5) is 24.6. The van der Waals surface area contributed by atoms with Crippen molar-refractivity contribution < 1.29 is 11.0 Å². The molecule has 116 valence electrons. The maximum atomic E-state index is 11.9. The summed E-state index contributed by atoms with van der Waals surface area (Å²) in [7, 11) is 0. The number of hydrogen-bond donors (Lipinski definition) is 1. The molecule has 3 rings (SSSR count). The number of carbonyl (C=O) groups excluding carboxylic acids is 2. The van der Waals surface area contributed by atoms with Crippen LogP contribution in [0.4, 0.5) is 0 Å². The Balaban J connectivity index is 0.000000293. The summed E-state index contributed by atoms with van der Waals surface area (Å²) in [5.41, 5.74) is 0.632. The number of benzene rings is 1. The topological polar surface area (TPSA) is 49.4 Å². The molecule has 0 unspecified atom stereocenters. The predicted molar refractivity (Wildman–Crippen MR) is 85.1 cm³/mol. The zero-order valence-electron chi connectivity index (χ0n) is 12.7. The van der Waals surface area contributed by atoms with Crippen molar-refractivity contribution in [3.63, 3.8) is 0 Å². The van der Waals surface area contributed by atoms with Crippen LogP contribution in [0.5, 0.6) is 0 Å². The Bertz CT molecular complexity index is 473. The lowest BCUT2D eigenvalue weighted by Crippen LogP contribution is -2.49. The molecule has 1 saturated heterocycles. The molecule has 4 nitrogen and oxygen atoms in total. The molecule has 1 aromatic rings. The molecule has 0 bridgehead atoms. The van der Waals surface area contributed by atoms with E-state index in [1.165, 1.54) is 25.7 Å². The normalized spacial score (nSPS) is 18.7. The van der Waals surface area contributed by atoms with Gasteiger partial charge >= 0.3 is 0 Å². The highest BCUT2D eigenvalue weighted by molar-refractivity contribution is 5.96. The quantitative estimate of drug-likeness (QED) is 0.864. The van der Waals surface area contributed by atoms with Crippen LogP contribution in [0.1, 0.15) is 44.4 Å². The lowest BCUT2D eigenvalue weighted by molar-refractivity contribution is -0.123. The van der Waals surface area contributed by atoms with Gasteiger partial charge in [-0.1, -0.05) is 50.8 Å². The molecule has 1 saturated carbocycles. The van der Waals surface area contributed by atoms with Gasteiger partial charge in [-0.3, -0.25) is 9.59 Å². The van der Waals surface area contributed by atoms with Crippen molar-refractivity contribution in [1.29, 1.82) is 0 Å². The van der Waals surface area contributed by atoms with E-state index in [1.807, 2.05) is 18.2 Å². The van der Waals surface area contributed by atoms with Crippen LogP contribution in [-0.4, -0.2) is 36.3 Å². The van der Waals surface area contributed by atoms with Gasteiger partial charge in [0.2, 0.25) is 5.91 Å². The van der Waals surface area contributed by atoms with E-state index in [2.05, 4.69) is 12.2 Å². The van der Waals surface area contributed by atoms with E-state index >= 15 is 0 Å². The van der Waals surface area contributed by atoms with E-state index in [9.17, 15) is 9.59 Å². The summed E-state index contributed by atoms with van der Waals surface area (Å²) in [5, 5.41) is 2.69. The first kappa shape index (κ1) is 15.5. The second-order valence-electron chi connectivity index (χ2n) is 5.83. The molecular weight excluding hydrogens is 264 g/mol. The minimum absolute atomic E-state index is 0. The number of amides is 2. The molecule has 1 aromatic carbocycles. The Labute approximate surface area is 128 Å². The van der Waals surface area contributed by atoms with Crippen LogP contribution >= 0.6 is 0 Å². The van der Waals surface area contributed by atoms with Crippen LogP contribution < -0.4 is 5.32 Å². The van der Waals surface area contributed by atoms with Gasteiger partial charge < -0.3 is 10.2 Å². The third-order valence-electron chi connectivity index (χ3n) is 3.99. The van der Waals surface area contributed by atoms with Gasteiger partial charge in [0.25, 0.3) is 5.91 Å². The highest BCUT2D eigenvalue weighted by Crippen LogP contribution is 2.22. The Kier molecular flexibility index (Phi) is 5.78. The minimum Gasteiger partial charge on any atom is -0.353 e. The Hall–Kier alpha value is -1.84. The SMILES string of the molecule is CC1CCCC1.O=C1CN(C(=O)c2ccccc2)CCN1.[HH]. The molecule has 2 amide bonds. The van der Waals surface area contributed by atoms with Crippen molar-refractivity contribution in [1.82, 2.24) is 10.2 Å². The van der Waals surface area contributed by atoms with E-state index in [0.717, 1.165) is 5.92 Å². The summed E-state index contributed by atoms with van der Waals surface area (Å²) in [6, 6.07) is 9.01. The number of carbonyl (C=O) groups is 2. The Morgan fingerprint density at radius 3 is 2.43 bits per heavy atom. The largest absolute Gasteiger partial charge is 0.353 e. The van der Waals surface area contributed by atoms with Crippen LogP contribution in [0.2, 0.25) is 0 Å². The van der Waals surface area contributed by atoms with Crippen molar-refractivity contribution in [3.8, 4) is 0 Å². The van der Waals surface area contributed by atoms with Gasteiger partial charge in [0.1, 0.15) is 0 Å². The highest BCUT2D eigenvalue weighted by atomic mass is 16.2. The molecule has 1 N–H and O–H groups in total. The Morgan fingerprint density at radius 2 is 1.90 bits per heavy atom. The first-order chi connectivity index (χ1) is 10.2. The molecule has 21 heavy (non-hydrogen) atoms. The molecule has 0 atom stereocenters. The number of piperazine rings is 1. The standard InChI is InChI=1S/C11H12N2O2.C6H12.H2/c14-10-8-13(7-6-12-10)11(15)9-4-2-1-3-5-9;1-6-4-2-3-5-6;/h1-5H,6-8H2,(H,12,14);6H,2-5H2,1H3;1H. The summed E-state index contributed by atoms with van der Waals surface area (Å²) in [6.07, 6.45) is 5.95. The van der Waals surface area contributed by atoms with E-state index in [0.29, 0.717) is 18.7 Å². The summed E-state index contributed by atoms with van der Waals surface area (Å²) in [6.45, 7) is 3.62. The third-order valence-corrected chi connectivity index (χ3v) is 3.99. The second-order valence-corrected chi connectivity index (χ2v) is 5.83. The molecule has 2 fully saturated rings. The average molecular weight is 290 g/mol. The number of nitrogens with zero attached hydrogens (tertiary/aromatic N) is 1. The molecule has 0 aromatic heterocycles. The van der Waals surface area contributed by atoms with Gasteiger partial charge in [-0.05, 0) is 18.1 Å². The molecule has 0 spiro atoms.